The fraction of sp³-hybridized carbons (Fsp3) is 0.310. The van der Waals surface area contributed by atoms with Crippen LogP contribution in [0.15, 0.2) is 83.3 Å². The van der Waals surface area contributed by atoms with Crippen LogP contribution in [0.5, 0.6) is 0 Å². The summed E-state index contributed by atoms with van der Waals surface area (Å²) < 4.78 is 0.947. The molecular formula is C29H33BrN2O2S. The standard InChI is InChI=1S/C29H33BrN2O2S/c1-21(2)31-29(34)27(17-23-11-5-4-6-12-23)32(18-24-13-9-15-26(30)16-24)28(33)20-35-19-25-14-8-7-10-22(25)3/h4-16,21,27H,17-20H2,1-3H3,(H,31,34)/t27-/m1/s1. The van der Waals surface area contributed by atoms with Gasteiger partial charge in [-0.3, -0.25) is 9.59 Å². The van der Waals surface area contributed by atoms with Crippen LogP contribution in [0.25, 0.3) is 0 Å². The minimum absolute atomic E-state index is 0.0148. The summed E-state index contributed by atoms with van der Waals surface area (Å²) in [5.74, 6) is 0.896. The lowest BCUT2D eigenvalue weighted by Crippen LogP contribution is -2.52. The summed E-state index contributed by atoms with van der Waals surface area (Å²) in [4.78, 5) is 28.8. The quantitative estimate of drug-likeness (QED) is 0.310. The topological polar surface area (TPSA) is 49.4 Å². The predicted octanol–water partition coefficient (Wildman–Crippen LogP) is 6.16. The molecule has 184 valence electrons. The maximum atomic E-state index is 13.6. The number of hydrogen-bond acceptors (Lipinski definition) is 3. The number of amides is 2. The van der Waals surface area contributed by atoms with Gasteiger partial charge in [0.2, 0.25) is 11.8 Å². The number of aryl methyl sites for hydroxylation is 1. The van der Waals surface area contributed by atoms with Crippen LogP contribution in [0, 0.1) is 6.92 Å². The van der Waals surface area contributed by atoms with E-state index in [-0.39, 0.29) is 17.9 Å². The molecule has 1 N–H and O–H groups in total. The van der Waals surface area contributed by atoms with Crippen molar-refractivity contribution in [2.24, 2.45) is 0 Å². The van der Waals surface area contributed by atoms with Crippen molar-refractivity contribution in [1.82, 2.24) is 10.2 Å². The molecule has 0 saturated heterocycles. The van der Waals surface area contributed by atoms with Gasteiger partial charge in [0.1, 0.15) is 6.04 Å². The Morgan fingerprint density at radius 1 is 0.943 bits per heavy atom. The van der Waals surface area contributed by atoms with E-state index in [1.165, 1.54) is 11.1 Å². The van der Waals surface area contributed by atoms with Crippen LogP contribution >= 0.6 is 27.7 Å². The molecule has 0 spiro atoms. The van der Waals surface area contributed by atoms with Crippen LogP contribution in [0.2, 0.25) is 0 Å². The lowest BCUT2D eigenvalue weighted by molar-refractivity contribution is -0.139. The summed E-state index contributed by atoms with van der Waals surface area (Å²) >= 11 is 5.12. The van der Waals surface area contributed by atoms with Crippen molar-refractivity contribution in [1.29, 1.82) is 0 Å². The number of halogens is 1. The second-order valence-electron chi connectivity index (χ2n) is 8.94. The molecule has 3 rings (SSSR count). The molecule has 0 fully saturated rings. The molecule has 0 bridgehead atoms. The number of rotatable bonds is 11. The summed E-state index contributed by atoms with van der Waals surface area (Å²) in [6.45, 7) is 6.33. The highest BCUT2D eigenvalue weighted by atomic mass is 79.9. The van der Waals surface area contributed by atoms with E-state index < -0.39 is 6.04 Å². The SMILES string of the molecule is Cc1ccccc1CSCC(=O)N(Cc1cccc(Br)c1)[C@H](Cc1ccccc1)C(=O)NC(C)C. The van der Waals surface area contributed by atoms with Crippen molar-refractivity contribution in [3.63, 3.8) is 0 Å². The highest BCUT2D eigenvalue weighted by Gasteiger charge is 2.30. The lowest BCUT2D eigenvalue weighted by Gasteiger charge is -2.32. The summed E-state index contributed by atoms with van der Waals surface area (Å²) in [6.07, 6.45) is 0.460. The first-order valence-electron chi connectivity index (χ1n) is 11.8. The van der Waals surface area contributed by atoms with Crippen LogP contribution in [-0.2, 0) is 28.3 Å². The van der Waals surface area contributed by atoms with Gasteiger partial charge in [0.05, 0.1) is 5.75 Å². The molecule has 1 atom stereocenters. The molecule has 0 aliphatic heterocycles. The van der Waals surface area contributed by atoms with E-state index in [0.717, 1.165) is 21.4 Å². The Kier molecular flexibility index (Phi) is 10.4. The third kappa shape index (κ3) is 8.55. The van der Waals surface area contributed by atoms with E-state index >= 15 is 0 Å². The normalized spacial score (nSPS) is 11.8. The average molecular weight is 554 g/mol. The van der Waals surface area contributed by atoms with Crippen molar-refractivity contribution < 1.29 is 9.59 Å². The number of carbonyl (C=O) groups excluding carboxylic acids is 2. The van der Waals surface area contributed by atoms with E-state index in [1.54, 1.807) is 16.7 Å². The van der Waals surface area contributed by atoms with Gasteiger partial charge in [-0.1, -0.05) is 82.7 Å². The fourth-order valence-electron chi connectivity index (χ4n) is 3.87. The lowest BCUT2D eigenvalue weighted by atomic mass is 10.0. The van der Waals surface area contributed by atoms with E-state index in [2.05, 4.69) is 40.3 Å². The minimum atomic E-state index is -0.606. The van der Waals surface area contributed by atoms with Crippen LogP contribution in [0.4, 0.5) is 0 Å². The highest BCUT2D eigenvalue weighted by molar-refractivity contribution is 9.10. The van der Waals surface area contributed by atoms with Gasteiger partial charge in [0.15, 0.2) is 0 Å². The molecule has 0 aliphatic carbocycles. The molecule has 0 unspecified atom stereocenters. The Morgan fingerprint density at radius 2 is 1.63 bits per heavy atom. The maximum absolute atomic E-state index is 13.6. The molecule has 0 radical (unpaired) electrons. The Bertz CT molecular complexity index is 1120. The number of hydrogen-bond donors (Lipinski definition) is 1. The van der Waals surface area contributed by atoms with Gasteiger partial charge >= 0.3 is 0 Å². The summed E-state index contributed by atoms with van der Waals surface area (Å²) in [7, 11) is 0. The van der Waals surface area contributed by atoms with Crippen LogP contribution in [0.3, 0.4) is 0 Å². The zero-order valence-electron chi connectivity index (χ0n) is 20.5. The zero-order valence-corrected chi connectivity index (χ0v) is 22.9. The number of nitrogens with zero attached hydrogens (tertiary/aromatic N) is 1. The highest BCUT2D eigenvalue weighted by Crippen LogP contribution is 2.21. The number of carbonyl (C=O) groups is 2. The van der Waals surface area contributed by atoms with Gasteiger partial charge in [-0.15, -0.1) is 11.8 Å². The van der Waals surface area contributed by atoms with E-state index in [0.29, 0.717) is 18.7 Å². The molecule has 0 heterocycles. The van der Waals surface area contributed by atoms with Gasteiger partial charge < -0.3 is 10.2 Å². The molecule has 0 saturated carbocycles. The second-order valence-corrected chi connectivity index (χ2v) is 10.8. The van der Waals surface area contributed by atoms with Crippen molar-refractivity contribution in [3.05, 3.63) is 106 Å². The largest absolute Gasteiger partial charge is 0.352 e. The van der Waals surface area contributed by atoms with E-state index in [9.17, 15) is 9.59 Å². The monoisotopic (exact) mass is 552 g/mol. The maximum Gasteiger partial charge on any atom is 0.243 e. The van der Waals surface area contributed by atoms with Crippen molar-refractivity contribution >= 4 is 39.5 Å². The zero-order chi connectivity index (χ0) is 25.2. The van der Waals surface area contributed by atoms with Gasteiger partial charge in [0, 0.05) is 29.2 Å². The summed E-state index contributed by atoms with van der Waals surface area (Å²) in [5.41, 5.74) is 4.45. The number of benzene rings is 3. The Balaban J connectivity index is 1.85. The van der Waals surface area contributed by atoms with Gasteiger partial charge in [-0.2, -0.15) is 0 Å². The Labute approximate surface area is 221 Å². The first-order chi connectivity index (χ1) is 16.8. The first-order valence-corrected chi connectivity index (χ1v) is 13.8. The second kappa shape index (κ2) is 13.5. The van der Waals surface area contributed by atoms with Gasteiger partial charge in [0.25, 0.3) is 0 Å². The minimum Gasteiger partial charge on any atom is -0.352 e. The third-order valence-electron chi connectivity index (χ3n) is 5.69. The predicted molar refractivity (Wildman–Crippen MR) is 149 cm³/mol. The van der Waals surface area contributed by atoms with Crippen LogP contribution < -0.4 is 5.32 Å². The fourth-order valence-corrected chi connectivity index (χ4v) is 5.30. The molecule has 3 aromatic carbocycles. The first kappa shape index (κ1) is 27.0. The third-order valence-corrected chi connectivity index (χ3v) is 7.15. The number of thioether (sulfide) groups is 1. The summed E-state index contributed by atoms with van der Waals surface area (Å²) in [5, 5.41) is 3.04. The molecule has 0 aromatic heterocycles. The van der Waals surface area contributed by atoms with Crippen LogP contribution in [0.1, 0.15) is 36.1 Å². The smallest absolute Gasteiger partial charge is 0.243 e. The Hall–Kier alpha value is -2.57. The molecule has 6 heteroatoms. The molecule has 0 aliphatic rings. The molecule has 35 heavy (non-hydrogen) atoms. The average Bonchev–Trinajstić information content (AvgIpc) is 2.82. The van der Waals surface area contributed by atoms with E-state index in [4.69, 9.17) is 0 Å². The molecule has 3 aromatic rings. The molecular weight excluding hydrogens is 520 g/mol. The van der Waals surface area contributed by atoms with Gasteiger partial charge in [-0.25, -0.2) is 0 Å². The molecule has 2 amide bonds. The molecule has 4 nitrogen and oxygen atoms in total. The van der Waals surface area contributed by atoms with Crippen LogP contribution in [-0.4, -0.2) is 34.6 Å². The number of nitrogens with one attached hydrogen (secondary N) is 1. The van der Waals surface area contributed by atoms with Gasteiger partial charge in [-0.05, 0) is 55.2 Å². The van der Waals surface area contributed by atoms with Crippen molar-refractivity contribution in [2.45, 2.75) is 51.6 Å². The summed E-state index contributed by atoms with van der Waals surface area (Å²) in [6, 6.07) is 25.4. The Morgan fingerprint density at radius 3 is 2.31 bits per heavy atom. The van der Waals surface area contributed by atoms with Crippen molar-refractivity contribution in [3.8, 4) is 0 Å². The van der Waals surface area contributed by atoms with E-state index in [1.807, 2.05) is 80.6 Å². The van der Waals surface area contributed by atoms with Crippen molar-refractivity contribution in [2.75, 3.05) is 5.75 Å².